The molecule has 3 aromatic carbocycles. The smallest absolute Gasteiger partial charge is 0.338 e. The molecule has 0 saturated carbocycles. The first-order valence-corrected chi connectivity index (χ1v) is 12.8. The lowest BCUT2D eigenvalue weighted by atomic mass is 9.77. The molecule has 9 nitrogen and oxygen atoms in total. The van der Waals surface area contributed by atoms with Gasteiger partial charge in [0.05, 0.1) is 18.2 Å². The van der Waals surface area contributed by atoms with Crippen LogP contribution in [0, 0.1) is 5.92 Å². The number of carbonyl (C=O) groups is 3. The Hall–Kier alpha value is -4.28. The Kier molecular flexibility index (Phi) is 8.27. The maximum Gasteiger partial charge on any atom is 0.338 e. The van der Waals surface area contributed by atoms with E-state index in [0.717, 1.165) is 5.69 Å². The zero-order valence-corrected chi connectivity index (χ0v) is 22.6. The molecule has 3 atom stereocenters. The van der Waals surface area contributed by atoms with Gasteiger partial charge in [-0.1, -0.05) is 42.5 Å². The van der Waals surface area contributed by atoms with Crippen molar-refractivity contribution < 1.29 is 24.2 Å². The molecule has 0 bridgehead atoms. The molecule has 1 fully saturated rings. The van der Waals surface area contributed by atoms with Crippen molar-refractivity contribution in [3.05, 3.63) is 95.6 Å². The first-order valence-electron chi connectivity index (χ1n) is 12.4. The number of ketones is 1. The van der Waals surface area contributed by atoms with Gasteiger partial charge in [-0.3, -0.25) is 9.59 Å². The minimum atomic E-state index is -2.40. The molecule has 0 aliphatic carbocycles. The van der Waals surface area contributed by atoms with Gasteiger partial charge in [-0.25, -0.2) is 4.79 Å². The second-order valence-electron chi connectivity index (χ2n) is 9.29. The van der Waals surface area contributed by atoms with Crippen LogP contribution in [0.2, 0.25) is 0 Å². The van der Waals surface area contributed by atoms with Gasteiger partial charge in [-0.05, 0) is 61.1 Å². The number of hydrogen-bond acceptors (Lipinski definition) is 7. The van der Waals surface area contributed by atoms with Gasteiger partial charge >= 0.3 is 5.97 Å². The third kappa shape index (κ3) is 5.92. The van der Waals surface area contributed by atoms with Crippen molar-refractivity contribution in [3.63, 3.8) is 0 Å². The van der Waals surface area contributed by atoms with Crippen molar-refractivity contribution in [1.29, 1.82) is 0 Å². The van der Waals surface area contributed by atoms with Gasteiger partial charge in [0.1, 0.15) is 5.92 Å². The van der Waals surface area contributed by atoms with E-state index in [1.54, 1.807) is 37.3 Å². The van der Waals surface area contributed by atoms with Crippen LogP contribution in [0.15, 0.2) is 78.9 Å². The molecule has 1 saturated heterocycles. The molecular formula is C29H30N4O5S. The van der Waals surface area contributed by atoms with Crippen LogP contribution in [0.25, 0.3) is 0 Å². The maximum absolute atomic E-state index is 13.9. The number of rotatable bonds is 8. The molecule has 0 spiro atoms. The number of aliphatic hydroxyl groups is 1. The molecule has 1 aliphatic heterocycles. The van der Waals surface area contributed by atoms with Gasteiger partial charge in [-0.2, -0.15) is 0 Å². The normalized spacial score (nSPS) is 20.3. The Labute approximate surface area is 232 Å². The van der Waals surface area contributed by atoms with E-state index in [1.165, 1.54) is 24.3 Å². The summed E-state index contributed by atoms with van der Waals surface area (Å²) in [5.41, 5.74) is 0.168. The molecule has 0 aromatic heterocycles. The Morgan fingerprint density at radius 3 is 2.21 bits per heavy atom. The highest BCUT2D eigenvalue weighted by atomic mass is 32.1. The van der Waals surface area contributed by atoms with Crippen molar-refractivity contribution in [2.45, 2.75) is 18.7 Å². The number of carbonyl (C=O) groups excluding carboxylic acids is 3. The Morgan fingerprint density at radius 2 is 1.62 bits per heavy atom. The highest BCUT2D eigenvalue weighted by molar-refractivity contribution is 7.80. The van der Waals surface area contributed by atoms with Crippen molar-refractivity contribution >= 4 is 46.4 Å². The summed E-state index contributed by atoms with van der Waals surface area (Å²) in [6, 6.07) is 21.1. The van der Waals surface area contributed by atoms with Crippen molar-refractivity contribution in [2.24, 2.45) is 5.92 Å². The first-order chi connectivity index (χ1) is 18.6. The number of Topliss-reactive ketones (excluding diaryl/α,β-unsaturated/α-hetero) is 1. The molecule has 10 heteroatoms. The number of anilines is 2. The third-order valence-corrected chi connectivity index (χ3v) is 6.70. The number of thiocarbonyl (C=S) groups is 1. The van der Waals surface area contributed by atoms with Crippen LogP contribution in [-0.2, 0) is 9.53 Å². The van der Waals surface area contributed by atoms with E-state index >= 15 is 0 Å². The lowest BCUT2D eigenvalue weighted by Gasteiger charge is -2.44. The van der Waals surface area contributed by atoms with Crippen LogP contribution in [-0.4, -0.2) is 54.3 Å². The number of hydrogen-bond donors (Lipinski definition) is 4. The summed E-state index contributed by atoms with van der Waals surface area (Å²) in [6.45, 7) is 1.94. The van der Waals surface area contributed by atoms with Crippen LogP contribution in [0.5, 0.6) is 0 Å². The summed E-state index contributed by atoms with van der Waals surface area (Å²) in [5, 5.41) is 20.3. The van der Waals surface area contributed by atoms with Crippen molar-refractivity contribution in [1.82, 2.24) is 10.6 Å². The molecule has 39 heavy (non-hydrogen) atoms. The average Bonchev–Trinajstić information content (AvgIpc) is 2.93. The second-order valence-corrected chi connectivity index (χ2v) is 9.70. The maximum atomic E-state index is 13.9. The summed E-state index contributed by atoms with van der Waals surface area (Å²) in [5.74, 6) is -3.11. The quantitative estimate of drug-likeness (QED) is 0.192. The van der Waals surface area contributed by atoms with Crippen LogP contribution in [0.3, 0.4) is 0 Å². The van der Waals surface area contributed by atoms with E-state index in [-0.39, 0.29) is 11.7 Å². The van der Waals surface area contributed by atoms with E-state index in [0.29, 0.717) is 22.4 Å². The van der Waals surface area contributed by atoms with Gasteiger partial charge in [0.2, 0.25) is 5.72 Å². The Balaban J connectivity index is 1.71. The fourth-order valence-corrected chi connectivity index (χ4v) is 4.74. The van der Waals surface area contributed by atoms with Gasteiger partial charge in [0, 0.05) is 31.0 Å². The number of amides is 1. The number of esters is 1. The van der Waals surface area contributed by atoms with Gasteiger partial charge < -0.3 is 30.7 Å². The SMILES string of the molecule is CCOC(=O)c1ccc(NC(=O)C2(O)NC(=S)NC(c3ccc(N(C)C)cc3)C2C(=O)c2ccccc2)cc1. The van der Waals surface area contributed by atoms with E-state index in [1.807, 2.05) is 43.3 Å². The molecule has 4 N–H and O–H groups in total. The largest absolute Gasteiger partial charge is 0.462 e. The highest BCUT2D eigenvalue weighted by Gasteiger charge is 2.55. The molecule has 202 valence electrons. The number of ether oxygens (including phenoxy) is 1. The monoisotopic (exact) mass is 546 g/mol. The highest BCUT2D eigenvalue weighted by Crippen LogP contribution is 2.37. The zero-order chi connectivity index (χ0) is 28.2. The minimum Gasteiger partial charge on any atom is -0.462 e. The predicted molar refractivity (Wildman–Crippen MR) is 153 cm³/mol. The third-order valence-electron chi connectivity index (χ3n) is 6.48. The van der Waals surface area contributed by atoms with E-state index in [2.05, 4.69) is 16.0 Å². The van der Waals surface area contributed by atoms with Gasteiger partial charge in [0.15, 0.2) is 10.9 Å². The Bertz CT molecular complexity index is 1360. The first kappa shape index (κ1) is 27.7. The zero-order valence-electron chi connectivity index (χ0n) is 21.8. The van der Waals surface area contributed by atoms with Crippen molar-refractivity contribution in [3.8, 4) is 0 Å². The predicted octanol–water partition coefficient (Wildman–Crippen LogP) is 3.27. The van der Waals surface area contributed by atoms with Gasteiger partial charge in [-0.15, -0.1) is 0 Å². The lowest BCUT2D eigenvalue weighted by Crippen LogP contribution is -2.71. The van der Waals surface area contributed by atoms with Crippen LogP contribution >= 0.6 is 12.2 Å². The molecule has 0 radical (unpaired) electrons. The average molecular weight is 547 g/mol. The van der Waals surface area contributed by atoms with Crippen LogP contribution < -0.4 is 20.9 Å². The molecule has 1 aliphatic rings. The lowest BCUT2D eigenvalue weighted by molar-refractivity contribution is -0.143. The topological polar surface area (TPSA) is 120 Å². The summed E-state index contributed by atoms with van der Waals surface area (Å²) in [4.78, 5) is 41.5. The number of nitrogens with one attached hydrogen (secondary N) is 3. The standard InChI is InChI=1S/C29H30N4O5S/c1-4-38-26(35)20-10-14-21(15-11-20)30-27(36)29(37)23(25(34)19-8-6-5-7-9-19)24(31-28(39)32-29)18-12-16-22(17-13-18)33(2)3/h5-17,23-24,37H,4H2,1-3H3,(H,30,36)(H2,31,32,39). The van der Waals surface area contributed by atoms with E-state index in [9.17, 15) is 19.5 Å². The Morgan fingerprint density at radius 1 is 0.974 bits per heavy atom. The summed E-state index contributed by atoms with van der Waals surface area (Å²) in [6.07, 6.45) is 0. The van der Waals surface area contributed by atoms with E-state index in [4.69, 9.17) is 17.0 Å². The number of nitrogens with zero attached hydrogens (tertiary/aromatic N) is 1. The fraction of sp³-hybridized carbons (Fsp3) is 0.241. The summed E-state index contributed by atoms with van der Waals surface area (Å²) < 4.78 is 4.99. The second kappa shape index (κ2) is 11.6. The van der Waals surface area contributed by atoms with Crippen LogP contribution in [0.1, 0.15) is 39.2 Å². The summed E-state index contributed by atoms with van der Waals surface area (Å²) >= 11 is 5.38. The molecule has 4 rings (SSSR count). The molecule has 3 unspecified atom stereocenters. The molecule has 3 aromatic rings. The van der Waals surface area contributed by atoms with E-state index < -0.39 is 35.3 Å². The van der Waals surface area contributed by atoms with Gasteiger partial charge in [0.25, 0.3) is 5.91 Å². The number of benzene rings is 3. The molecule has 1 amide bonds. The van der Waals surface area contributed by atoms with Crippen molar-refractivity contribution in [2.75, 3.05) is 30.9 Å². The fourth-order valence-electron chi connectivity index (χ4n) is 4.46. The van der Waals surface area contributed by atoms with Crippen LogP contribution in [0.4, 0.5) is 11.4 Å². The molecular weight excluding hydrogens is 516 g/mol. The summed E-state index contributed by atoms with van der Waals surface area (Å²) in [7, 11) is 3.83. The molecule has 1 heterocycles. The minimum absolute atomic E-state index is 0.0177.